The third kappa shape index (κ3) is 7.96. The SMILES string of the molecule is Cc1ccc([S@@+]([O-])NC(=O)[C@@]23C[C@H]2C=C=CCCCCC[C@H](NC(=O)OC(C)(C)C)C(=O)N2CCC[C@H]2C(=O)N3)cc1. The van der Waals surface area contributed by atoms with Crippen molar-refractivity contribution in [2.75, 3.05) is 6.54 Å². The quantitative estimate of drug-likeness (QED) is 0.358. The summed E-state index contributed by atoms with van der Waals surface area (Å²) < 4.78 is 20.9. The highest BCUT2D eigenvalue weighted by atomic mass is 32.2. The summed E-state index contributed by atoms with van der Waals surface area (Å²) >= 11 is -1.81. The van der Waals surface area contributed by atoms with Crippen molar-refractivity contribution in [2.45, 2.75) is 107 Å². The number of carbonyl (C=O) groups excluding carboxylic acids is 4. The van der Waals surface area contributed by atoms with Gasteiger partial charge in [0.15, 0.2) is 4.90 Å². The number of ether oxygens (including phenoxy) is 1. The second-order valence-corrected chi connectivity index (χ2v) is 13.6. The number of nitrogens with one attached hydrogen (secondary N) is 3. The van der Waals surface area contributed by atoms with Crippen LogP contribution in [0.2, 0.25) is 0 Å². The van der Waals surface area contributed by atoms with E-state index in [1.165, 1.54) is 4.90 Å². The van der Waals surface area contributed by atoms with E-state index in [1.54, 1.807) is 39.0 Å². The lowest BCUT2D eigenvalue weighted by atomic mass is 10.0. The Morgan fingerprint density at radius 2 is 1.86 bits per heavy atom. The fourth-order valence-corrected chi connectivity index (χ4v) is 6.25. The van der Waals surface area contributed by atoms with E-state index >= 15 is 0 Å². The Hall–Kier alpha value is -3.27. The largest absolute Gasteiger partial charge is 0.588 e. The Balaban J connectivity index is 1.55. The first-order valence-corrected chi connectivity index (χ1v) is 15.9. The molecule has 11 heteroatoms. The molecule has 5 atom stereocenters. The third-order valence-electron chi connectivity index (χ3n) is 7.77. The Bertz CT molecular complexity index is 1240. The van der Waals surface area contributed by atoms with Crippen molar-refractivity contribution in [1.29, 1.82) is 0 Å². The molecule has 3 N–H and O–H groups in total. The van der Waals surface area contributed by atoms with Crippen LogP contribution in [0.3, 0.4) is 0 Å². The van der Waals surface area contributed by atoms with Gasteiger partial charge in [-0.25, -0.2) is 4.79 Å². The molecule has 2 fully saturated rings. The molecule has 0 aromatic heterocycles. The van der Waals surface area contributed by atoms with Crippen LogP contribution in [0.4, 0.5) is 4.79 Å². The molecule has 1 aromatic carbocycles. The molecule has 4 rings (SSSR count). The molecule has 2 aliphatic heterocycles. The molecule has 0 radical (unpaired) electrons. The summed E-state index contributed by atoms with van der Waals surface area (Å²) in [5.74, 6) is -1.65. The number of nitrogens with zero attached hydrogens (tertiary/aromatic N) is 1. The van der Waals surface area contributed by atoms with Crippen LogP contribution in [0, 0.1) is 12.8 Å². The topological polar surface area (TPSA) is 140 Å². The molecule has 1 saturated carbocycles. The van der Waals surface area contributed by atoms with Crippen LogP contribution in [0.25, 0.3) is 0 Å². The van der Waals surface area contributed by atoms with Crippen LogP contribution in [0.1, 0.15) is 77.7 Å². The molecule has 3 aliphatic rings. The molecule has 10 nitrogen and oxygen atoms in total. The zero-order valence-electron chi connectivity index (χ0n) is 24.9. The molecule has 1 aliphatic carbocycles. The van der Waals surface area contributed by atoms with Crippen molar-refractivity contribution in [3.05, 3.63) is 47.7 Å². The molecule has 1 aromatic rings. The van der Waals surface area contributed by atoms with Gasteiger partial charge in [-0.3, -0.25) is 14.4 Å². The molecular formula is C31H42N4O6S. The molecule has 2 heterocycles. The molecule has 4 amide bonds. The lowest BCUT2D eigenvalue weighted by molar-refractivity contribution is -0.141. The van der Waals surface area contributed by atoms with E-state index in [2.05, 4.69) is 21.1 Å². The average Bonchev–Trinajstić information content (AvgIpc) is 3.37. The van der Waals surface area contributed by atoms with E-state index in [0.29, 0.717) is 37.1 Å². The van der Waals surface area contributed by atoms with Gasteiger partial charge in [0.1, 0.15) is 34.6 Å². The summed E-state index contributed by atoms with van der Waals surface area (Å²) in [5.41, 5.74) is 2.15. The van der Waals surface area contributed by atoms with Crippen molar-refractivity contribution >= 4 is 35.2 Å². The minimum Gasteiger partial charge on any atom is -0.588 e. The van der Waals surface area contributed by atoms with Gasteiger partial charge in [0.25, 0.3) is 5.91 Å². The smallest absolute Gasteiger partial charge is 0.408 e. The Morgan fingerprint density at radius 1 is 1.12 bits per heavy atom. The average molecular weight is 599 g/mol. The van der Waals surface area contributed by atoms with Crippen molar-refractivity contribution in [1.82, 2.24) is 20.3 Å². The number of benzene rings is 1. The summed E-state index contributed by atoms with van der Waals surface area (Å²) in [6.07, 6.45) is 8.03. The van der Waals surface area contributed by atoms with E-state index in [0.717, 1.165) is 31.2 Å². The zero-order chi connectivity index (χ0) is 30.5. The van der Waals surface area contributed by atoms with Crippen molar-refractivity contribution < 1.29 is 28.5 Å². The highest BCUT2D eigenvalue weighted by molar-refractivity contribution is 7.90. The van der Waals surface area contributed by atoms with Gasteiger partial charge in [-0.1, -0.05) is 30.5 Å². The summed E-state index contributed by atoms with van der Waals surface area (Å²) in [7, 11) is 0. The fourth-order valence-electron chi connectivity index (χ4n) is 5.40. The summed E-state index contributed by atoms with van der Waals surface area (Å²) in [6.45, 7) is 7.54. The van der Waals surface area contributed by atoms with E-state index in [4.69, 9.17) is 4.74 Å². The second-order valence-electron chi connectivity index (χ2n) is 12.3. The van der Waals surface area contributed by atoms with E-state index < -0.39 is 52.5 Å². The van der Waals surface area contributed by atoms with E-state index in [1.807, 2.05) is 25.1 Å². The maximum absolute atomic E-state index is 13.7. The first-order valence-electron chi connectivity index (χ1n) is 14.7. The maximum atomic E-state index is 13.7. The Kier molecular flexibility index (Phi) is 10.1. The molecule has 228 valence electrons. The molecular weight excluding hydrogens is 556 g/mol. The first kappa shape index (κ1) is 31.7. The summed E-state index contributed by atoms with van der Waals surface area (Å²) in [5, 5.41) is 5.65. The van der Waals surface area contributed by atoms with Crippen molar-refractivity contribution in [3.63, 3.8) is 0 Å². The Morgan fingerprint density at radius 3 is 2.57 bits per heavy atom. The van der Waals surface area contributed by atoms with Gasteiger partial charge in [-0.05, 0) is 90.5 Å². The van der Waals surface area contributed by atoms with E-state index in [-0.39, 0.29) is 11.8 Å². The highest BCUT2D eigenvalue weighted by Crippen LogP contribution is 2.45. The maximum Gasteiger partial charge on any atom is 0.408 e. The molecule has 1 saturated heterocycles. The molecule has 0 spiro atoms. The number of hydrogen-bond donors (Lipinski definition) is 3. The van der Waals surface area contributed by atoms with Crippen LogP contribution in [0.15, 0.2) is 47.0 Å². The number of aryl methyl sites for hydroxylation is 1. The van der Waals surface area contributed by atoms with Crippen LogP contribution >= 0.6 is 0 Å². The number of alkyl carbamates (subject to hydrolysis) is 1. The van der Waals surface area contributed by atoms with Crippen LogP contribution in [-0.2, 0) is 30.5 Å². The van der Waals surface area contributed by atoms with Gasteiger partial charge in [0.05, 0.1) is 0 Å². The zero-order valence-corrected chi connectivity index (χ0v) is 25.7. The minimum atomic E-state index is -1.81. The standard InChI is InChI=1S/C31H42N4O6S/c1-21-15-17-23(18-16-21)42(40)34-28(38)31-20-22(31)12-9-7-5-6-8-10-13-24(32-29(39)41-30(2,3)4)27(37)35-19-11-14-25(35)26(36)33-31/h7,12,15-18,22,24-25H,5-6,8,10-11,13-14,19-20H2,1-4H3,(H,32,39)(H,33,36)(H,34,38)/t9?,22-,24+,25+,31-,42-/m1/s1. The number of hydrogen-bond acceptors (Lipinski definition) is 6. The van der Waals surface area contributed by atoms with Gasteiger partial charge in [-0.2, -0.15) is 4.72 Å². The fraction of sp³-hybridized carbons (Fsp3) is 0.581. The lowest BCUT2D eigenvalue weighted by Crippen LogP contribution is -2.58. The van der Waals surface area contributed by atoms with Crippen LogP contribution < -0.4 is 15.4 Å². The first-order chi connectivity index (χ1) is 19.9. The number of amides is 4. The second kappa shape index (κ2) is 13.4. The van der Waals surface area contributed by atoms with Crippen molar-refractivity contribution in [3.8, 4) is 0 Å². The molecule has 0 bridgehead atoms. The number of rotatable bonds is 4. The minimum absolute atomic E-state index is 0.326. The van der Waals surface area contributed by atoms with Gasteiger partial charge < -0.3 is 24.8 Å². The molecule has 0 unspecified atom stereocenters. The third-order valence-corrected chi connectivity index (χ3v) is 8.84. The van der Waals surface area contributed by atoms with Crippen molar-refractivity contribution in [2.24, 2.45) is 5.92 Å². The van der Waals surface area contributed by atoms with Crippen LogP contribution in [0.5, 0.6) is 0 Å². The van der Waals surface area contributed by atoms with Gasteiger partial charge in [0.2, 0.25) is 11.8 Å². The Labute approximate surface area is 251 Å². The lowest BCUT2D eigenvalue weighted by Gasteiger charge is -2.30. The summed E-state index contributed by atoms with van der Waals surface area (Å²) in [4.78, 5) is 55.5. The monoisotopic (exact) mass is 598 g/mol. The highest BCUT2D eigenvalue weighted by Gasteiger charge is 2.62. The predicted octanol–water partition coefficient (Wildman–Crippen LogP) is 3.57. The van der Waals surface area contributed by atoms with Gasteiger partial charge in [0, 0.05) is 12.5 Å². The van der Waals surface area contributed by atoms with Gasteiger partial charge in [-0.15, -0.1) is 5.73 Å². The summed E-state index contributed by atoms with van der Waals surface area (Å²) in [6, 6.07) is 5.39. The van der Waals surface area contributed by atoms with Crippen LogP contribution in [-0.4, -0.2) is 63.0 Å². The molecule has 42 heavy (non-hydrogen) atoms. The normalized spacial score (nSPS) is 27.4. The van der Waals surface area contributed by atoms with E-state index in [9.17, 15) is 23.7 Å². The predicted molar refractivity (Wildman–Crippen MR) is 158 cm³/mol. The number of carbonyl (C=O) groups is 4. The number of fused-ring (bicyclic) bond motifs is 2. The van der Waals surface area contributed by atoms with Gasteiger partial charge >= 0.3 is 6.09 Å².